The van der Waals surface area contributed by atoms with E-state index >= 15 is 4.39 Å². The van der Waals surface area contributed by atoms with E-state index in [-0.39, 0.29) is 39.1 Å². The summed E-state index contributed by atoms with van der Waals surface area (Å²) in [4.78, 5) is 28.2. The van der Waals surface area contributed by atoms with Crippen LogP contribution in [0, 0.1) is 11.7 Å². The fourth-order valence-electron chi connectivity index (χ4n) is 5.02. The van der Waals surface area contributed by atoms with Gasteiger partial charge in [-0.3, -0.25) is 9.59 Å². The molecule has 2 aromatic heterocycles. The number of fused-ring (bicyclic) bond motifs is 2. The molecule has 2 aliphatic rings. The maximum atomic E-state index is 15.6. The molecule has 1 aliphatic carbocycles. The van der Waals surface area contributed by atoms with E-state index in [4.69, 9.17) is 10.5 Å². The third kappa shape index (κ3) is 3.32. The van der Waals surface area contributed by atoms with Crippen LogP contribution in [0.25, 0.3) is 21.1 Å². The third-order valence-electron chi connectivity index (χ3n) is 6.97. The lowest BCUT2D eigenvalue weighted by Gasteiger charge is -2.28. The summed E-state index contributed by atoms with van der Waals surface area (Å²) in [6.07, 6.45) is 2.62. The van der Waals surface area contributed by atoms with E-state index in [2.05, 4.69) is 0 Å². The Kier molecular flexibility index (Phi) is 4.99. The summed E-state index contributed by atoms with van der Waals surface area (Å²) in [6, 6.07) is 1.34. The van der Waals surface area contributed by atoms with Gasteiger partial charge in [-0.25, -0.2) is 4.39 Å². The van der Waals surface area contributed by atoms with Gasteiger partial charge in [-0.05, 0) is 45.1 Å². The van der Waals surface area contributed by atoms with Crippen LogP contribution in [0.2, 0.25) is 0 Å². The van der Waals surface area contributed by atoms with Crippen LogP contribution in [0.3, 0.4) is 0 Å². The number of methoxy groups -OCH3 is 1. The number of pyridine rings is 1. The topological polar surface area (TPSA) is 97.8 Å². The number of nitrogens with zero attached hydrogens (tertiary/aromatic N) is 2. The minimum atomic E-state index is -0.546. The molecule has 0 spiro atoms. The lowest BCUT2D eigenvalue weighted by molar-refractivity contribution is 0.101. The van der Waals surface area contributed by atoms with Crippen LogP contribution in [-0.4, -0.2) is 41.2 Å². The van der Waals surface area contributed by atoms with Gasteiger partial charge in [0.1, 0.15) is 20.8 Å². The molecule has 7 nitrogen and oxygen atoms in total. The van der Waals surface area contributed by atoms with Crippen LogP contribution in [0.15, 0.2) is 10.9 Å². The number of nitrogens with two attached hydrogens (primary N) is 1. The van der Waals surface area contributed by atoms with Crippen molar-refractivity contribution in [2.45, 2.75) is 51.6 Å². The molecular formula is C24H28FN3O4S. The molecule has 2 fully saturated rings. The van der Waals surface area contributed by atoms with Crippen molar-refractivity contribution in [2.75, 3.05) is 25.1 Å². The summed E-state index contributed by atoms with van der Waals surface area (Å²) in [5.41, 5.74) is 6.28. The van der Waals surface area contributed by atoms with Gasteiger partial charge in [0, 0.05) is 31.6 Å². The molecular weight excluding hydrogens is 445 g/mol. The molecule has 1 saturated carbocycles. The van der Waals surface area contributed by atoms with Crippen molar-refractivity contribution in [3.05, 3.63) is 27.0 Å². The molecule has 1 atom stereocenters. The number of carbonyl (C=O) groups is 1. The van der Waals surface area contributed by atoms with Crippen molar-refractivity contribution in [1.29, 1.82) is 0 Å². The predicted molar refractivity (Wildman–Crippen MR) is 129 cm³/mol. The third-order valence-corrected chi connectivity index (χ3v) is 8.25. The largest absolute Gasteiger partial charge is 0.505 e. The number of carbonyl (C=O) groups excluding carboxylic acids is 1. The molecule has 1 aromatic carbocycles. The Morgan fingerprint density at radius 3 is 2.58 bits per heavy atom. The summed E-state index contributed by atoms with van der Waals surface area (Å²) in [6.45, 7) is 6.54. The maximum Gasteiger partial charge on any atom is 0.202 e. The highest BCUT2D eigenvalue weighted by molar-refractivity contribution is 7.21. The highest BCUT2D eigenvalue weighted by Crippen LogP contribution is 2.49. The van der Waals surface area contributed by atoms with E-state index in [1.165, 1.54) is 20.1 Å². The highest BCUT2D eigenvalue weighted by Gasteiger charge is 2.37. The number of ketones is 1. The van der Waals surface area contributed by atoms with Crippen LogP contribution in [0.5, 0.6) is 11.5 Å². The van der Waals surface area contributed by atoms with Crippen LogP contribution in [0.4, 0.5) is 10.1 Å². The van der Waals surface area contributed by atoms with E-state index in [0.29, 0.717) is 34.9 Å². The first-order valence-electron chi connectivity index (χ1n) is 11.2. The fraction of sp³-hybridized carbons (Fsp3) is 0.500. The molecule has 0 radical (unpaired) electrons. The Labute approximate surface area is 194 Å². The number of hydrogen-bond acceptors (Lipinski definition) is 7. The first-order chi connectivity index (χ1) is 15.5. The zero-order chi connectivity index (χ0) is 23.8. The van der Waals surface area contributed by atoms with E-state index in [9.17, 15) is 14.7 Å². The van der Waals surface area contributed by atoms with Gasteiger partial charge in [-0.15, -0.1) is 11.3 Å². The van der Waals surface area contributed by atoms with Crippen molar-refractivity contribution in [2.24, 2.45) is 11.7 Å². The second kappa shape index (κ2) is 7.43. The molecule has 0 bridgehead atoms. The lowest BCUT2D eigenvalue weighted by Crippen LogP contribution is -2.42. The van der Waals surface area contributed by atoms with E-state index in [1.807, 2.05) is 23.3 Å². The van der Waals surface area contributed by atoms with Crippen molar-refractivity contribution in [3.8, 4) is 11.5 Å². The van der Waals surface area contributed by atoms with Gasteiger partial charge in [0.2, 0.25) is 5.43 Å². The quantitative estimate of drug-likeness (QED) is 0.540. The average molecular weight is 474 g/mol. The fourth-order valence-corrected chi connectivity index (χ4v) is 6.18. The Morgan fingerprint density at radius 1 is 1.33 bits per heavy atom. The molecule has 1 aliphatic heterocycles. The molecule has 3 aromatic rings. The molecule has 33 heavy (non-hydrogen) atoms. The Balaban J connectivity index is 1.84. The molecule has 176 valence electrons. The summed E-state index contributed by atoms with van der Waals surface area (Å²) in [5.74, 6) is -0.679. The maximum absolute atomic E-state index is 15.6. The second-order valence-electron chi connectivity index (χ2n) is 9.84. The van der Waals surface area contributed by atoms with Gasteiger partial charge in [0.15, 0.2) is 23.1 Å². The summed E-state index contributed by atoms with van der Waals surface area (Å²) in [5, 5.41) is 10.9. The molecule has 5 rings (SSSR count). The van der Waals surface area contributed by atoms with Crippen LogP contribution in [-0.2, 0) is 0 Å². The second-order valence-corrected chi connectivity index (χ2v) is 10.8. The summed E-state index contributed by atoms with van der Waals surface area (Å²) in [7, 11) is 1.48. The van der Waals surface area contributed by atoms with Crippen LogP contribution >= 0.6 is 11.3 Å². The van der Waals surface area contributed by atoms with Crippen molar-refractivity contribution >= 4 is 43.9 Å². The van der Waals surface area contributed by atoms with E-state index in [0.717, 1.165) is 30.6 Å². The predicted octanol–water partition coefficient (Wildman–Crippen LogP) is 4.17. The van der Waals surface area contributed by atoms with Crippen molar-refractivity contribution in [3.63, 3.8) is 0 Å². The number of ether oxygens (including phenoxy) is 1. The number of benzene rings is 1. The first-order valence-corrected chi connectivity index (χ1v) is 12.0. The number of aromatic hydroxyl groups is 1. The summed E-state index contributed by atoms with van der Waals surface area (Å²) < 4.78 is 23.3. The summed E-state index contributed by atoms with van der Waals surface area (Å²) >= 11 is 1.11. The highest BCUT2D eigenvalue weighted by atomic mass is 32.1. The van der Waals surface area contributed by atoms with Gasteiger partial charge in [0.05, 0.1) is 18.0 Å². The number of aromatic nitrogens is 1. The lowest BCUT2D eigenvalue weighted by atomic mass is 9.88. The number of Topliss-reactive ketones (excluding diaryl/α,β-unsaturated/α-hetero) is 1. The molecule has 3 N–H and O–H groups in total. The molecule has 3 heterocycles. The minimum absolute atomic E-state index is 0.0740. The van der Waals surface area contributed by atoms with Gasteiger partial charge in [-0.1, -0.05) is 0 Å². The number of anilines is 1. The monoisotopic (exact) mass is 473 g/mol. The smallest absolute Gasteiger partial charge is 0.202 e. The van der Waals surface area contributed by atoms with Crippen molar-refractivity contribution < 1.29 is 19.0 Å². The van der Waals surface area contributed by atoms with Gasteiger partial charge < -0.3 is 25.0 Å². The van der Waals surface area contributed by atoms with Crippen LogP contribution in [0.1, 0.15) is 55.7 Å². The normalized spacial score (nSPS) is 19.1. The zero-order valence-electron chi connectivity index (χ0n) is 19.2. The molecule has 0 unspecified atom stereocenters. The Morgan fingerprint density at radius 2 is 2.03 bits per heavy atom. The number of hydrogen-bond donors (Lipinski definition) is 2. The van der Waals surface area contributed by atoms with Crippen LogP contribution < -0.4 is 20.8 Å². The van der Waals surface area contributed by atoms with E-state index in [1.54, 1.807) is 0 Å². The van der Waals surface area contributed by atoms with Gasteiger partial charge in [-0.2, -0.15) is 0 Å². The van der Waals surface area contributed by atoms with Gasteiger partial charge >= 0.3 is 0 Å². The number of halogens is 1. The first kappa shape index (κ1) is 22.2. The zero-order valence-corrected chi connectivity index (χ0v) is 20.0. The van der Waals surface area contributed by atoms with Gasteiger partial charge in [0.25, 0.3) is 0 Å². The van der Waals surface area contributed by atoms with E-state index < -0.39 is 16.8 Å². The minimum Gasteiger partial charge on any atom is -0.505 e. The molecule has 1 saturated heterocycles. The standard InChI is InChI=1S/C24H28FN3O4S/c1-11(29)22-20(31)16-19(30)14-9-15(25)18(27-8-7-12(10-27)24(2,3)26)21(32-4)17(14)28(13-5-6-13)23(16)33-22/h9,12-13,31H,5-8,10,26H2,1-4H3/t12-/m1/s1. The number of rotatable bonds is 5. The SMILES string of the molecule is COc1c(N2CC[C@@H](C(C)(C)N)C2)c(F)cc2c(=O)c3c(O)c(C(C)=O)sc3n(C3CC3)c12. The number of thiophene rings is 1. The van der Waals surface area contributed by atoms with Crippen molar-refractivity contribution in [1.82, 2.24) is 4.57 Å². The Hall–Kier alpha value is -2.65. The Bertz CT molecular complexity index is 1370. The molecule has 0 amide bonds. The molecule has 9 heteroatoms. The average Bonchev–Trinajstić information content (AvgIpc) is 3.32.